The molecule has 0 amide bonds. The zero-order valence-electron chi connectivity index (χ0n) is 9.77. The predicted octanol–water partition coefficient (Wildman–Crippen LogP) is 3.22. The first kappa shape index (κ1) is 10.7. The largest absolute Gasteiger partial charge is 0.455 e. The molecule has 0 N–H and O–H groups in total. The Bertz CT molecular complexity index is 302. The van der Waals surface area contributed by atoms with Crippen LogP contribution in [0, 0.1) is 5.41 Å². The second-order valence-electron chi connectivity index (χ2n) is 5.39. The molecule has 0 saturated heterocycles. The van der Waals surface area contributed by atoms with Crippen molar-refractivity contribution in [3.05, 3.63) is 12.2 Å². The molecule has 0 heterocycles. The van der Waals surface area contributed by atoms with E-state index in [1.807, 2.05) is 0 Å². The molecule has 0 aromatic heterocycles. The molecule has 1 atom stereocenters. The molecule has 2 aliphatic carbocycles. The highest BCUT2D eigenvalue weighted by Gasteiger charge is 2.59. The topological polar surface area (TPSA) is 26.3 Å². The lowest BCUT2D eigenvalue weighted by atomic mass is 9.73. The van der Waals surface area contributed by atoms with Crippen LogP contribution in [0.3, 0.4) is 0 Å². The van der Waals surface area contributed by atoms with Gasteiger partial charge in [-0.3, -0.25) is 0 Å². The van der Waals surface area contributed by atoms with E-state index in [2.05, 4.69) is 13.5 Å². The lowest BCUT2D eigenvalue weighted by Gasteiger charge is -2.41. The number of carbonyl (C=O) groups is 1. The predicted molar refractivity (Wildman–Crippen MR) is 59.4 cm³/mol. The second kappa shape index (κ2) is 3.36. The third-order valence-corrected chi connectivity index (χ3v) is 4.20. The molecule has 0 aliphatic heterocycles. The third-order valence-electron chi connectivity index (χ3n) is 4.20. The number of ether oxygens (including phenoxy) is 1. The second-order valence-corrected chi connectivity index (χ2v) is 5.39. The van der Waals surface area contributed by atoms with Gasteiger partial charge in [-0.1, -0.05) is 13.0 Å². The highest BCUT2D eigenvalue weighted by Crippen LogP contribution is 2.62. The maximum absolute atomic E-state index is 11.6. The minimum absolute atomic E-state index is 0.217. The van der Waals surface area contributed by atoms with Crippen molar-refractivity contribution in [3.8, 4) is 0 Å². The number of hydrogen-bond donors (Lipinski definition) is 0. The molecule has 15 heavy (non-hydrogen) atoms. The molecular weight excluding hydrogens is 188 g/mol. The Morgan fingerprint density at radius 3 is 2.33 bits per heavy atom. The van der Waals surface area contributed by atoms with Gasteiger partial charge in [-0.25, -0.2) is 4.79 Å². The van der Waals surface area contributed by atoms with E-state index in [1.54, 1.807) is 6.92 Å². The van der Waals surface area contributed by atoms with E-state index in [4.69, 9.17) is 4.74 Å². The summed E-state index contributed by atoms with van der Waals surface area (Å²) in [6, 6.07) is 0. The van der Waals surface area contributed by atoms with E-state index in [0.717, 1.165) is 6.42 Å². The van der Waals surface area contributed by atoms with E-state index >= 15 is 0 Å². The molecule has 1 spiro atoms. The van der Waals surface area contributed by atoms with Crippen LogP contribution in [0.1, 0.15) is 52.4 Å². The van der Waals surface area contributed by atoms with Crippen LogP contribution < -0.4 is 0 Å². The van der Waals surface area contributed by atoms with E-state index in [0.29, 0.717) is 11.0 Å². The highest BCUT2D eigenvalue weighted by atomic mass is 16.6. The monoisotopic (exact) mass is 208 g/mol. The van der Waals surface area contributed by atoms with E-state index in [-0.39, 0.29) is 11.6 Å². The average molecular weight is 208 g/mol. The van der Waals surface area contributed by atoms with Gasteiger partial charge in [0, 0.05) is 11.0 Å². The SMILES string of the molecule is C=C(C)C(=O)OC1(C)CCCCC12CC2. The van der Waals surface area contributed by atoms with Crippen LogP contribution in [0.15, 0.2) is 12.2 Å². The molecule has 2 aliphatic rings. The summed E-state index contributed by atoms with van der Waals surface area (Å²) in [5, 5.41) is 0. The summed E-state index contributed by atoms with van der Waals surface area (Å²) in [5.41, 5.74) is 0.607. The van der Waals surface area contributed by atoms with Crippen LogP contribution in [0.25, 0.3) is 0 Å². The fourth-order valence-corrected chi connectivity index (χ4v) is 2.84. The van der Waals surface area contributed by atoms with Gasteiger partial charge in [0.1, 0.15) is 5.60 Å². The van der Waals surface area contributed by atoms with Gasteiger partial charge in [0.25, 0.3) is 0 Å². The summed E-state index contributed by atoms with van der Waals surface area (Å²) < 4.78 is 5.68. The number of carbonyl (C=O) groups excluding carboxylic acids is 1. The summed E-state index contributed by atoms with van der Waals surface area (Å²) in [5.74, 6) is -0.217. The fraction of sp³-hybridized carbons (Fsp3) is 0.769. The number of esters is 1. The van der Waals surface area contributed by atoms with Crippen molar-refractivity contribution in [1.82, 2.24) is 0 Å². The zero-order chi connectivity index (χ0) is 11.1. The molecule has 2 rings (SSSR count). The molecule has 0 radical (unpaired) electrons. The van der Waals surface area contributed by atoms with E-state index in [1.165, 1.54) is 32.1 Å². The van der Waals surface area contributed by atoms with Crippen LogP contribution in [0.2, 0.25) is 0 Å². The normalized spacial score (nSPS) is 32.4. The highest BCUT2D eigenvalue weighted by molar-refractivity contribution is 5.87. The molecule has 0 aromatic carbocycles. The lowest BCUT2D eigenvalue weighted by molar-refractivity contribution is -0.165. The zero-order valence-corrected chi connectivity index (χ0v) is 9.77. The van der Waals surface area contributed by atoms with Crippen molar-refractivity contribution in [1.29, 1.82) is 0 Å². The van der Waals surface area contributed by atoms with E-state index in [9.17, 15) is 4.79 Å². The molecule has 0 aromatic rings. The molecule has 0 bridgehead atoms. The van der Waals surface area contributed by atoms with Crippen molar-refractivity contribution in [2.75, 3.05) is 0 Å². The number of hydrogen-bond acceptors (Lipinski definition) is 2. The summed E-state index contributed by atoms with van der Waals surface area (Å²) >= 11 is 0. The first-order chi connectivity index (χ1) is 6.99. The Labute approximate surface area is 91.7 Å². The molecule has 2 nitrogen and oxygen atoms in total. The minimum Gasteiger partial charge on any atom is -0.455 e. The van der Waals surface area contributed by atoms with Gasteiger partial charge in [-0.15, -0.1) is 0 Å². The Morgan fingerprint density at radius 1 is 1.20 bits per heavy atom. The maximum atomic E-state index is 11.6. The smallest absolute Gasteiger partial charge is 0.333 e. The first-order valence-corrected chi connectivity index (χ1v) is 5.88. The quantitative estimate of drug-likeness (QED) is 0.514. The Balaban J connectivity index is 2.10. The van der Waals surface area contributed by atoms with Crippen LogP contribution in [-0.4, -0.2) is 11.6 Å². The van der Waals surface area contributed by atoms with Crippen molar-refractivity contribution >= 4 is 5.97 Å². The van der Waals surface area contributed by atoms with Crippen LogP contribution in [0.4, 0.5) is 0 Å². The van der Waals surface area contributed by atoms with E-state index < -0.39 is 0 Å². The van der Waals surface area contributed by atoms with Gasteiger partial charge in [-0.2, -0.15) is 0 Å². The van der Waals surface area contributed by atoms with Crippen LogP contribution in [0.5, 0.6) is 0 Å². The van der Waals surface area contributed by atoms with Gasteiger partial charge >= 0.3 is 5.97 Å². The Morgan fingerprint density at radius 2 is 1.80 bits per heavy atom. The first-order valence-electron chi connectivity index (χ1n) is 5.88. The van der Waals surface area contributed by atoms with Gasteiger partial charge in [0.05, 0.1) is 0 Å². The lowest BCUT2D eigenvalue weighted by Crippen LogP contribution is -2.43. The molecule has 2 saturated carbocycles. The molecule has 2 fully saturated rings. The summed E-state index contributed by atoms with van der Waals surface area (Å²) in [6.45, 7) is 7.47. The van der Waals surface area contributed by atoms with Crippen molar-refractivity contribution in [2.45, 2.75) is 58.0 Å². The fourth-order valence-electron chi connectivity index (χ4n) is 2.84. The van der Waals surface area contributed by atoms with Crippen molar-refractivity contribution in [2.24, 2.45) is 5.41 Å². The van der Waals surface area contributed by atoms with Crippen molar-refractivity contribution < 1.29 is 9.53 Å². The van der Waals surface area contributed by atoms with Gasteiger partial charge in [0.15, 0.2) is 0 Å². The summed E-state index contributed by atoms with van der Waals surface area (Å²) in [7, 11) is 0. The molecule has 84 valence electrons. The van der Waals surface area contributed by atoms with Crippen LogP contribution >= 0.6 is 0 Å². The molecule has 2 heteroatoms. The van der Waals surface area contributed by atoms with Gasteiger partial charge in [-0.05, 0) is 46.0 Å². The Kier molecular flexibility index (Phi) is 2.40. The standard InChI is InChI=1S/C13H20O2/c1-10(2)11(14)15-12(3)6-4-5-7-13(12)8-9-13/h1,4-9H2,2-3H3. The van der Waals surface area contributed by atoms with Crippen LogP contribution in [-0.2, 0) is 9.53 Å². The Hall–Kier alpha value is -0.790. The summed E-state index contributed by atoms with van der Waals surface area (Å²) in [4.78, 5) is 11.6. The average Bonchev–Trinajstić information content (AvgIpc) is 2.92. The van der Waals surface area contributed by atoms with Gasteiger partial charge < -0.3 is 4.74 Å². The third kappa shape index (κ3) is 1.70. The molecular formula is C13H20O2. The van der Waals surface area contributed by atoms with Gasteiger partial charge in [0.2, 0.25) is 0 Å². The summed E-state index contributed by atoms with van der Waals surface area (Å²) in [6.07, 6.45) is 7.18. The molecule has 1 unspecified atom stereocenters. The van der Waals surface area contributed by atoms with Crippen molar-refractivity contribution in [3.63, 3.8) is 0 Å². The minimum atomic E-state index is -0.221. The maximum Gasteiger partial charge on any atom is 0.333 e. The number of rotatable bonds is 2.